The Morgan fingerprint density at radius 1 is 1.22 bits per heavy atom. The lowest BCUT2D eigenvalue weighted by molar-refractivity contribution is 0.0953. The second kappa shape index (κ2) is 5.40. The number of fused-ring (bicyclic) bond motifs is 2. The highest BCUT2D eigenvalue weighted by Crippen LogP contribution is 2.25. The predicted molar refractivity (Wildman–Crippen MR) is 93.5 cm³/mol. The molecule has 2 aromatic carbocycles. The van der Waals surface area contributed by atoms with Gasteiger partial charge in [-0.25, -0.2) is 4.98 Å². The van der Waals surface area contributed by atoms with Crippen molar-refractivity contribution in [3.05, 3.63) is 59.0 Å². The number of rotatable bonds is 3. The lowest BCUT2D eigenvalue weighted by Gasteiger charge is -2.04. The Kier molecular flexibility index (Phi) is 3.24. The van der Waals surface area contributed by atoms with Gasteiger partial charge in [-0.05, 0) is 29.7 Å². The Labute approximate surface area is 136 Å². The quantitative estimate of drug-likeness (QED) is 0.541. The molecule has 0 spiro atoms. The first-order valence-corrected chi connectivity index (χ1v) is 8.02. The van der Waals surface area contributed by atoms with Crippen molar-refractivity contribution in [3.63, 3.8) is 0 Å². The molecule has 0 aliphatic rings. The summed E-state index contributed by atoms with van der Waals surface area (Å²) < 4.78 is 1.22. The summed E-state index contributed by atoms with van der Waals surface area (Å²) in [7, 11) is 0. The van der Waals surface area contributed by atoms with Crippen LogP contribution in [0.2, 0.25) is 0 Å². The van der Waals surface area contributed by atoms with E-state index in [1.54, 1.807) is 17.4 Å². The van der Waals surface area contributed by atoms with E-state index in [2.05, 4.69) is 33.5 Å². The van der Waals surface area contributed by atoms with Crippen LogP contribution in [0.25, 0.3) is 21.1 Å². The van der Waals surface area contributed by atoms with E-state index in [9.17, 15) is 4.79 Å². The van der Waals surface area contributed by atoms with Gasteiger partial charge in [0.25, 0.3) is 5.91 Å². The number of carbonyl (C=O) groups excluding carboxylic acids is 1. The first kappa shape index (κ1) is 13.8. The van der Waals surface area contributed by atoms with E-state index < -0.39 is 0 Å². The summed E-state index contributed by atoms with van der Waals surface area (Å²) in [5.41, 5.74) is 7.55. The lowest BCUT2D eigenvalue weighted by Crippen LogP contribution is -2.22. The van der Waals surface area contributed by atoms with Gasteiger partial charge in [0.05, 0.1) is 17.6 Å². The highest BCUT2D eigenvalue weighted by Gasteiger charge is 2.13. The molecule has 2 heterocycles. The normalized spacial score (nSPS) is 11.1. The molecule has 4 rings (SSSR count). The highest BCUT2D eigenvalue weighted by atomic mass is 32.1. The molecule has 23 heavy (non-hydrogen) atoms. The molecule has 0 aliphatic carbocycles. The second-order valence-electron chi connectivity index (χ2n) is 5.26. The Morgan fingerprint density at radius 3 is 2.96 bits per heavy atom. The second-order valence-corrected chi connectivity index (χ2v) is 6.43. The Hall–Kier alpha value is -2.86. The van der Waals surface area contributed by atoms with Crippen molar-refractivity contribution in [2.75, 3.05) is 5.73 Å². The van der Waals surface area contributed by atoms with Gasteiger partial charge in [-0.15, -0.1) is 11.3 Å². The largest absolute Gasteiger partial charge is 0.369 e. The van der Waals surface area contributed by atoms with Crippen molar-refractivity contribution in [1.29, 1.82) is 0 Å². The summed E-state index contributed by atoms with van der Waals surface area (Å²) in [4.78, 5) is 20.7. The number of carbonyl (C=O) groups is 1. The maximum Gasteiger partial charge on any atom is 0.253 e. The molecule has 0 bridgehead atoms. The van der Waals surface area contributed by atoms with Crippen LogP contribution >= 0.6 is 11.3 Å². The first-order valence-electron chi connectivity index (χ1n) is 7.20. The molecule has 0 atom stereocenters. The molecule has 2 aromatic heterocycles. The van der Waals surface area contributed by atoms with Gasteiger partial charge in [-0.2, -0.15) is 0 Å². The number of amides is 1. The van der Waals surface area contributed by atoms with Gasteiger partial charge < -0.3 is 16.0 Å². The van der Waals surface area contributed by atoms with Crippen LogP contribution < -0.4 is 11.1 Å². The molecule has 114 valence electrons. The number of imidazole rings is 1. The fourth-order valence-corrected chi connectivity index (χ4v) is 3.63. The Morgan fingerprint density at radius 2 is 2.09 bits per heavy atom. The minimum Gasteiger partial charge on any atom is -0.369 e. The van der Waals surface area contributed by atoms with E-state index in [0.29, 0.717) is 23.6 Å². The number of nitrogens with one attached hydrogen (secondary N) is 2. The van der Waals surface area contributed by atoms with Crippen LogP contribution in [0.15, 0.2) is 48.5 Å². The number of aromatic amines is 1. The van der Waals surface area contributed by atoms with E-state index >= 15 is 0 Å². The predicted octanol–water partition coefficient (Wildman–Crippen LogP) is 3.29. The average Bonchev–Trinajstić information content (AvgIpc) is 3.13. The van der Waals surface area contributed by atoms with Gasteiger partial charge in [-0.3, -0.25) is 4.79 Å². The Bertz CT molecular complexity index is 985. The van der Waals surface area contributed by atoms with Crippen molar-refractivity contribution in [2.45, 2.75) is 6.54 Å². The molecule has 5 nitrogen and oxygen atoms in total. The number of H-pyrrole nitrogens is 1. The minimum atomic E-state index is -0.153. The zero-order valence-corrected chi connectivity index (χ0v) is 13.0. The number of nitrogens with zero attached hydrogens (tertiary/aromatic N) is 1. The van der Waals surface area contributed by atoms with Crippen molar-refractivity contribution in [2.24, 2.45) is 0 Å². The van der Waals surface area contributed by atoms with Crippen LogP contribution in [0.1, 0.15) is 15.2 Å². The number of anilines is 1. The molecule has 1 amide bonds. The summed E-state index contributed by atoms with van der Waals surface area (Å²) in [6.45, 7) is 0.495. The molecule has 0 unspecified atom stereocenters. The van der Waals surface area contributed by atoms with E-state index in [-0.39, 0.29) is 5.91 Å². The van der Waals surface area contributed by atoms with E-state index in [1.807, 2.05) is 24.3 Å². The number of nitrogens with two attached hydrogens (primary N) is 1. The number of hydrogen-bond acceptors (Lipinski definition) is 4. The molecule has 0 saturated carbocycles. The van der Waals surface area contributed by atoms with Gasteiger partial charge in [0.2, 0.25) is 0 Å². The first-order chi connectivity index (χ1) is 11.2. The fraction of sp³-hybridized carbons (Fsp3) is 0.0588. The topological polar surface area (TPSA) is 83.8 Å². The van der Waals surface area contributed by atoms with Crippen molar-refractivity contribution in [1.82, 2.24) is 15.3 Å². The van der Waals surface area contributed by atoms with Gasteiger partial charge in [0, 0.05) is 9.58 Å². The number of aromatic nitrogens is 2. The number of para-hydroxylation sites is 1. The van der Waals surface area contributed by atoms with Crippen LogP contribution in [0.4, 0.5) is 5.95 Å². The fourth-order valence-electron chi connectivity index (χ4n) is 2.62. The standard InChI is InChI=1S/C17H14N4OS/c18-17-20-13-6-3-5-12(15(13)21-17)16(22)19-9-11-8-10-4-1-2-7-14(10)23-11/h1-8H,9H2,(H,19,22)(H3,18,20,21). The molecule has 6 heteroatoms. The third-order valence-corrected chi connectivity index (χ3v) is 4.79. The summed E-state index contributed by atoms with van der Waals surface area (Å²) in [6.07, 6.45) is 0. The highest BCUT2D eigenvalue weighted by molar-refractivity contribution is 7.19. The SMILES string of the molecule is Nc1nc2c(C(=O)NCc3cc4ccccc4s3)cccc2[nH]1. The zero-order valence-electron chi connectivity index (χ0n) is 12.2. The van der Waals surface area contributed by atoms with Crippen molar-refractivity contribution < 1.29 is 4.79 Å². The molecule has 0 fully saturated rings. The minimum absolute atomic E-state index is 0.153. The molecule has 0 saturated heterocycles. The van der Waals surface area contributed by atoms with Crippen LogP contribution in [-0.4, -0.2) is 15.9 Å². The van der Waals surface area contributed by atoms with Gasteiger partial charge >= 0.3 is 0 Å². The monoisotopic (exact) mass is 322 g/mol. The summed E-state index contributed by atoms with van der Waals surface area (Å²) in [5.74, 6) is 0.157. The average molecular weight is 322 g/mol. The van der Waals surface area contributed by atoms with E-state index in [1.165, 1.54) is 10.1 Å². The maximum atomic E-state index is 12.5. The number of nitrogen functional groups attached to an aromatic ring is 1. The smallest absolute Gasteiger partial charge is 0.253 e. The maximum absolute atomic E-state index is 12.5. The summed E-state index contributed by atoms with van der Waals surface area (Å²) >= 11 is 1.69. The van der Waals surface area contributed by atoms with Crippen LogP contribution in [0.5, 0.6) is 0 Å². The molecule has 4 N–H and O–H groups in total. The van der Waals surface area contributed by atoms with E-state index in [4.69, 9.17) is 5.73 Å². The number of benzene rings is 2. The number of hydrogen-bond donors (Lipinski definition) is 3. The third kappa shape index (κ3) is 2.53. The molecule has 4 aromatic rings. The Balaban J connectivity index is 1.57. The third-order valence-electron chi connectivity index (χ3n) is 3.68. The van der Waals surface area contributed by atoms with Gasteiger partial charge in [-0.1, -0.05) is 24.3 Å². The number of thiophene rings is 1. The summed E-state index contributed by atoms with van der Waals surface area (Å²) in [5, 5.41) is 4.15. The van der Waals surface area contributed by atoms with Gasteiger partial charge in [0.15, 0.2) is 5.95 Å². The van der Waals surface area contributed by atoms with Crippen LogP contribution in [-0.2, 0) is 6.54 Å². The molecular weight excluding hydrogens is 308 g/mol. The molecule has 0 radical (unpaired) electrons. The van der Waals surface area contributed by atoms with Crippen molar-refractivity contribution in [3.8, 4) is 0 Å². The van der Waals surface area contributed by atoms with Crippen LogP contribution in [0.3, 0.4) is 0 Å². The lowest BCUT2D eigenvalue weighted by atomic mass is 10.1. The van der Waals surface area contributed by atoms with Crippen LogP contribution in [0, 0.1) is 0 Å². The molecule has 0 aliphatic heterocycles. The van der Waals surface area contributed by atoms with Gasteiger partial charge in [0.1, 0.15) is 5.52 Å². The summed E-state index contributed by atoms with van der Waals surface area (Å²) in [6, 6.07) is 15.7. The zero-order chi connectivity index (χ0) is 15.8. The molecular formula is C17H14N4OS. The van der Waals surface area contributed by atoms with E-state index in [0.717, 1.165) is 10.4 Å². The van der Waals surface area contributed by atoms with Crippen molar-refractivity contribution >= 4 is 44.3 Å².